The minimum Gasteiger partial charge on any atom is -0.508 e. The van der Waals surface area contributed by atoms with Crippen LogP contribution < -0.4 is 5.73 Å². The van der Waals surface area contributed by atoms with Gasteiger partial charge in [-0.15, -0.1) is 0 Å². The van der Waals surface area contributed by atoms with E-state index in [2.05, 4.69) is 53.7 Å². The second kappa shape index (κ2) is 13.4. The first-order chi connectivity index (χ1) is 35.0. The zero-order valence-electron chi connectivity index (χ0n) is 43.0. The van der Waals surface area contributed by atoms with Gasteiger partial charge in [0.15, 0.2) is 11.4 Å². The summed E-state index contributed by atoms with van der Waals surface area (Å²) in [4.78, 5) is 38.6. The lowest BCUT2D eigenvalue weighted by atomic mass is 9.26. The number of esters is 2. The topological polar surface area (TPSA) is 105 Å². The van der Waals surface area contributed by atoms with E-state index in [0.29, 0.717) is 84.1 Å². The van der Waals surface area contributed by atoms with E-state index < -0.39 is 16.4 Å². The predicted molar refractivity (Wildman–Crippen MR) is 271 cm³/mol. The van der Waals surface area contributed by atoms with Crippen LogP contribution in [0.4, 0.5) is 0 Å². The van der Waals surface area contributed by atoms with Gasteiger partial charge >= 0.3 is 11.9 Å². The van der Waals surface area contributed by atoms with Gasteiger partial charge in [0.2, 0.25) is 0 Å². The van der Waals surface area contributed by atoms with Crippen LogP contribution in [-0.4, -0.2) is 64.6 Å². The number of benzene rings is 1. The van der Waals surface area contributed by atoms with E-state index in [9.17, 15) is 5.11 Å². The van der Waals surface area contributed by atoms with Crippen molar-refractivity contribution in [2.24, 2.45) is 92.0 Å². The number of allylic oxidation sites excluding steroid dienone is 4. The standard InChI is InChI=1S/C64H75N3O5/c1-33-25-37-14-20-61-29-44(37)50-43-16-21-62-56-54(68)48-41(9-5-7-36-11-10-35(8-6-24-65)47-49(36)64(62,72-57(47)69)46(26-33)63(50,62)58(70)71-56)42-15-19-60(23-22-59(32-60)17-3-4-18-59)55(48)67-30-39-28-40(52(42)67)31-66-45(39)13-12-38(27-34(61)2)53(66)51(43)61/h10-11,25,33-34,39-42,44-46,48,51-52,55,68H,3-4,6-8,12-24,26-32,65H2,1-2H3. The Labute approximate surface area is 426 Å². The second-order valence-corrected chi connectivity index (χ2v) is 28.6. The Morgan fingerprint density at radius 2 is 1.85 bits per heavy atom. The average Bonchev–Trinajstić information content (AvgIpc) is 4.16. The van der Waals surface area contributed by atoms with Crippen LogP contribution in [0.5, 0.6) is 0 Å². The Bertz CT molecular complexity index is 2980. The van der Waals surface area contributed by atoms with Crippen LogP contribution in [0.2, 0.25) is 0 Å². The van der Waals surface area contributed by atoms with Gasteiger partial charge in [0.05, 0.1) is 11.0 Å². The number of hydrogen-bond donors (Lipinski definition) is 2. The molecule has 17 aliphatic rings. The Hall–Kier alpha value is -3.80. The van der Waals surface area contributed by atoms with Gasteiger partial charge < -0.3 is 25.2 Å². The highest BCUT2D eigenvalue weighted by Gasteiger charge is 2.95. The van der Waals surface area contributed by atoms with Crippen molar-refractivity contribution < 1.29 is 24.2 Å². The van der Waals surface area contributed by atoms with Crippen molar-refractivity contribution in [3.8, 4) is 11.8 Å². The number of aryl methyl sites for hydroxylation is 1. The molecule has 6 spiro atoms. The summed E-state index contributed by atoms with van der Waals surface area (Å²) in [6.07, 6.45) is 26.7. The van der Waals surface area contributed by atoms with Gasteiger partial charge in [-0.05, 0) is 191 Å². The molecule has 1 aromatic carbocycles. The van der Waals surface area contributed by atoms with Gasteiger partial charge in [-0.2, -0.15) is 0 Å². The Morgan fingerprint density at radius 1 is 0.958 bits per heavy atom. The maximum atomic E-state index is 16.8. The van der Waals surface area contributed by atoms with Gasteiger partial charge in [-0.3, -0.25) is 9.69 Å². The summed E-state index contributed by atoms with van der Waals surface area (Å²) in [5, 5.41) is 14.6. The number of nitrogens with two attached hydrogens (primary N) is 1. The van der Waals surface area contributed by atoms with E-state index in [-0.39, 0.29) is 64.3 Å². The predicted octanol–water partition coefficient (Wildman–Crippen LogP) is 10.8. The molecule has 18 unspecified atom stereocenters. The van der Waals surface area contributed by atoms with E-state index in [0.717, 1.165) is 68.3 Å². The molecule has 18 atom stereocenters. The number of ether oxygens (including phenoxy) is 2. The number of carbonyl (C=O) groups excluding carboxylic acids is 2. The van der Waals surface area contributed by atoms with Crippen molar-refractivity contribution in [1.29, 1.82) is 0 Å². The molecule has 10 aliphatic carbocycles. The fourth-order valence-corrected chi connectivity index (χ4v) is 24.9. The molecule has 7 heterocycles. The van der Waals surface area contributed by atoms with E-state index >= 15 is 9.59 Å². The summed E-state index contributed by atoms with van der Waals surface area (Å²) in [7, 11) is 0. The SMILES string of the molecule is CC1C=C2CCC34CC2C2=C5CCC67C8=C(O)C9C(C#CCc%10ccc(CCCN)c%11c%10C6(OC%11=O)C(C1)C27C(=O)O8)C1CCC2(CCC6(CCCC6)C2)C9N2CC6CC(CN7C(=C(CCC67)CC3C)C54)C12. The summed E-state index contributed by atoms with van der Waals surface area (Å²) in [5.74, 6) is 10.5. The number of aliphatic hydroxyl groups is 1. The summed E-state index contributed by atoms with van der Waals surface area (Å²) >= 11 is 0. The van der Waals surface area contributed by atoms with Crippen molar-refractivity contribution >= 4 is 11.9 Å². The summed E-state index contributed by atoms with van der Waals surface area (Å²) in [6, 6.07) is 5.53. The van der Waals surface area contributed by atoms with E-state index in [1.807, 2.05) is 0 Å². The van der Waals surface area contributed by atoms with Gasteiger partial charge in [0.1, 0.15) is 11.2 Å². The normalized spacial score (nSPS) is 50.1. The minimum atomic E-state index is -1.19. The first-order valence-corrected chi connectivity index (χ1v) is 29.9. The number of piperidine rings is 3. The highest BCUT2D eigenvalue weighted by atomic mass is 16.6. The van der Waals surface area contributed by atoms with Crippen LogP contribution in [0.25, 0.3) is 0 Å². The third kappa shape index (κ3) is 4.36. The van der Waals surface area contributed by atoms with Crippen molar-refractivity contribution in [1.82, 2.24) is 9.80 Å². The third-order valence-corrected chi connectivity index (χ3v) is 26.7. The summed E-state index contributed by atoms with van der Waals surface area (Å²) < 4.78 is 15.0. The Balaban J connectivity index is 0.998. The maximum Gasteiger partial charge on any atom is 0.339 e. The molecule has 3 N–H and O–H groups in total. The van der Waals surface area contributed by atoms with Gasteiger partial charge in [-0.25, -0.2) is 4.79 Å². The highest BCUT2D eigenvalue weighted by molar-refractivity contribution is 6.01. The molecule has 6 bridgehead atoms. The molecule has 0 amide bonds. The van der Waals surface area contributed by atoms with Crippen molar-refractivity contribution in [2.75, 3.05) is 19.6 Å². The lowest BCUT2D eigenvalue weighted by molar-refractivity contribution is -0.283. The smallest absolute Gasteiger partial charge is 0.339 e. The van der Waals surface area contributed by atoms with Crippen molar-refractivity contribution in [3.63, 3.8) is 0 Å². The number of aliphatic hydroxyl groups excluding tert-OH is 1. The maximum absolute atomic E-state index is 16.8. The molecule has 72 heavy (non-hydrogen) atoms. The summed E-state index contributed by atoms with van der Waals surface area (Å²) in [6.45, 7) is 7.80. The molecular weight excluding hydrogens is 891 g/mol. The fourth-order valence-electron chi connectivity index (χ4n) is 24.9. The molecule has 7 aliphatic heterocycles. The highest BCUT2D eigenvalue weighted by Crippen LogP contribution is 2.90. The zero-order chi connectivity index (χ0) is 47.8. The van der Waals surface area contributed by atoms with Gasteiger partial charge in [0.25, 0.3) is 0 Å². The van der Waals surface area contributed by atoms with E-state index in [1.54, 1.807) is 22.4 Å². The van der Waals surface area contributed by atoms with Crippen LogP contribution >= 0.6 is 0 Å². The molecular formula is C64H75N3O5. The lowest BCUT2D eigenvalue weighted by Gasteiger charge is -2.74. The second-order valence-electron chi connectivity index (χ2n) is 28.6. The molecule has 8 heteroatoms. The van der Waals surface area contributed by atoms with E-state index in [1.165, 1.54) is 89.0 Å². The summed E-state index contributed by atoms with van der Waals surface area (Å²) in [5.41, 5.74) is 15.2. The minimum absolute atomic E-state index is 0.0531. The fraction of sp³-hybridized carbons (Fsp3) is 0.719. The van der Waals surface area contributed by atoms with Crippen molar-refractivity contribution in [3.05, 3.63) is 80.0 Å². The number of nitrogens with zero attached hydrogens (tertiary/aromatic N) is 2. The number of carbonyl (C=O) groups is 2. The average molecular weight is 966 g/mol. The molecule has 10 fully saturated rings. The molecule has 5 saturated heterocycles. The van der Waals surface area contributed by atoms with Crippen LogP contribution in [0, 0.1) is 98.1 Å². The van der Waals surface area contributed by atoms with Crippen LogP contribution in [0.3, 0.4) is 0 Å². The van der Waals surface area contributed by atoms with Gasteiger partial charge in [-0.1, -0.05) is 73.5 Å². The third-order valence-electron chi connectivity index (χ3n) is 26.7. The van der Waals surface area contributed by atoms with Gasteiger partial charge in [0, 0.05) is 78.5 Å². The molecule has 5 saturated carbocycles. The quantitative estimate of drug-likeness (QED) is 0.175. The monoisotopic (exact) mass is 966 g/mol. The molecule has 0 radical (unpaired) electrons. The first kappa shape index (κ1) is 42.4. The first-order valence-electron chi connectivity index (χ1n) is 29.9. The molecule has 8 nitrogen and oxygen atoms in total. The molecule has 376 valence electrons. The largest absolute Gasteiger partial charge is 0.508 e. The molecule has 18 rings (SSSR count). The van der Waals surface area contributed by atoms with Crippen LogP contribution in [-0.2, 0) is 32.7 Å². The van der Waals surface area contributed by atoms with Crippen molar-refractivity contribution in [2.45, 2.75) is 179 Å². The van der Waals surface area contributed by atoms with E-state index in [4.69, 9.17) is 15.2 Å². The lowest BCUT2D eigenvalue weighted by Crippen LogP contribution is -2.78. The Morgan fingerprint density at radius 3 is 2.72 bits per heavy atom. The van der Waals surface area contributed by atoms with Crippen LogP contribution in [0.1, 0.15) is 169 Å². The Kier molecular flexibility index (Phi) is 7.90. The van der Waals surface area contributed by atoms with Crippen LogP contribution in [0.15, 0.2) is 57.7 Å². The number of rotatable bonds is 3. The number of fused-ring (bicyclic) bond motifs is 8. The number of hydrogen-bond acceptors (Lipinski definition) is 8. The molecule has 0 aromatic heterocycles. The zero-order valence-corrected chi connectivity index (χ0v) is 43.0. The molecule has 1 aromatic rings.